The van der Waals surface area contributed by atoms with E-state index < -0.39 is 6.10 Å². The van der Waals surface area contributed by atoms with Crippen molar-refractivity contribution in [2.75, 3.05) is 6.61 Å². The molecule has 0 fully saturated rings. The summed E-state index contributed by atoms with van der Waals surface area (Å²) in [5, 5.41) is 19.2. The quantitative estimate of drug-likeness (QED) is 0.685. The largest absolute Gasteiger partial charge is 0.396 e. The fourth-order valence-electron chi connectivity index (χ4n) is 2.34. The number of rotatable bonds is 7. The molecule has 2 aromatic carbocycles. The standard InChI is InChI=1S/C18H23NO2/c19-13-15-6-10-17(11-7-15)18(21)16-8-4-14(5-9-16)3-1-2-12-20/h4-11,18,20-21H,1-3,12-13,19H2. The first-order chi connectivity index (χ1) is 10.2. The number of aryl methyl sites for hydroxylation is 1. The Morgan fingerprint density at radius 1 is 0.810 bits per heavy atom. The second kappa shape index (κ2) is 7.93. The number of benzene rings is 2. The van der Waals surface area contributed by atoms with Crippen LogP contribution in [0.15, 0.2) is 48.5 Å². The van der Waals surface area contributed by atoms with E-state index in [0.717, 1.165) is 36.0 Å². The maximum absolute atomic E-state index is 10.4. The van der Waals surface area contributed by atoms with E-state index in [9.17, 15) is 5.11 Å². The zero-order valence-electron chi connectivity index (χ0n) is 12.2. The molecule has 21 heavy (non-hydrogen) atoms. The maximum Gasteiger partial charge on any atom is 0.104 e. The highest BCUT2D eigenvalue weighted by atomic mass is 16.3. The van der Waals surface area contributed by atoms with Gasteiger partial charge in [0.2, 0.25) is 0 Å². The number of unbranched alkanes of at least 4 members (excludes halogenated alkanes) is 1. The Balaban J connectivity index is 2.02. The van der Waals surface area contributed by atoms with Crippen LogP contribution < -0.4 is 5.73 Å². The maximum atomic E-state index is 10.4. The summed E-state index contributed by atoms with van der Waals surface area (Å²) in [7, 11) is 0. The molecule has 3 heteroatoms. The average Bonchev–Trinajstić information content (AvgIpc) is 2.55. The third kappa shape index (κ3) is 4.39. The molecule has 0 saturated carbocycles. The van der Waals surface area contributed by atoms with Gasteiger partial charge in [-0.05, 0) is 41.5 Å². The highest BCUT2D eigenvalue weighted by Gasteiger charge is 2.10. The van der Waals surface area contributed by atoms with Gasteiger partial charge in [-0.25, -0.2) is 0 Å². The summed E-state index contributed by atoms with van der Waals surface area (Å²) >= 11 is 0. The van der Waals surface area contributed by atoms with Crippen LogP contribution in [0.25, 0.3) is 0 Å². The third-order valence-electron chi connectivity index (χ3n) is 3.70. The highest BCUT2D eigenvalue weighted by Crippen LogP contribution is 2.23. The molecule has 0 spiro atoms. The van der Waals surface area contributed by atoms with Crippen molar-refractivity contribution in [1.82, 2.24) is 0 Å². The molecule has 4 N–H and O–H groups in total. The molecule has 0 aliphatic heterocycles. The minimum absolute atomic E-state index is 0.246. The van der Waals surface area contributed by atoms with Crippen molar-refractivity contribution in [2.24, 2.45) is 5.73 Å². The molecule has 2 rings (SSSR count). The van der Waals surface area contributed by atoms with Gasteiger partial charge in [0.1, 0.15) is 6.10 Å². The number of aliphatic hydroxyl groups excluding tert-OH is 2. The Hall–Kier alpha value is -1.68. The van der Waals surface area contributed by atoms with Crippen molar-refractivity contribution in [3.8, 4) is 0 Å². The highest BCUT2D eigenvalue weighted by molar-refractivity contribution is 5.33. The molecule has 0 aliphatic carbocycles. The summed E-state index contributed by atoms with van der Waals surface area (Å²) in [6.45, 7) is 0.758. The van der Waals surface area contributed by atoms with Crippen LogP contribution in [0.3, 0.4) is 0 Å². The fraction of sp³-hybridized carbons (Fsp3) is 0.333. The lowest BCUT2D eigenvalue weighted by atomic mass is 9.98. The Labute approximate surface area is 126 Å². The molecule has 2 aromatic rings. The van der Waals surface area contributed by atoms with Gasteiger partial charge in [0.05, 0.1) is 0 Å². The van der Waals surface area contributed by atoms with E-state index in [2.05, 4.69) is 0 Å². The summed E-state index contributed by atoms with van der Waals surface area (Å²) in [4.78, 5) is 0. The summed E-state index contributed by atoms with van der Waals surface area (Å²) < 4.78 is 0. The molecule has 0 aliphatic rings. The minimum Gasteiger partial charge on any atom is -0.396 e. The Kier molecular flexibility index (Phi) is 5.93. The Morgan fingerprint density at radius 2 is 1.33 bits per heavy atom. The van der Waals surface area contributed by atoms with E-state index in [4.69, 9.17) is 10.8 Å². The first-order valence-electron chi connectivity index (χ1n) is 7.41. The lowest BCUT2D eigenvalue weighted by molar-refractivity contribution is 0.220. The molecule has 0 amide bonds. The summed E-state index contributed by atoms with van der Waals surface area (Å²) in [5.74, 6) is 0. The van der Waals surface area contributed by atoms with Gasteiger partial charge in [0, 0.05) is 13.2 Å². The van der Waals surface area contributed by atoms with Crippen LogP contribution in [0.5, 0.6) is 0 Å². The van der Waals surface area contributed by atoms with Crippen molar-refractivity contribution in [2.45, 2.75) is 31.9 Å². The molecule has 0 aromatic heterocycles. The predicted octanol–water partition coefficient (Wildman–Crippen LogP) is 2.54. The fourth-order valence-corrected chi connectivity index (χ4v) is 2.34. The van der Waals surface area contributed by atoms with E-state index in [1.165, 1.54) is 5.56 Å². The van der Waals surface area contributed by atoms with E-state index in [1.54, 1.807) is 0 Å². The van der Waals surface area contributed by atoms with Crippen LogP contribution >= 0.6 is 0 Å². The summed E-state index contributed by atoms with van der Waals surface area (Å²) in [5.41, 5.74) is 9.64. The van der Waals surface area contributed by atoms with Gasteiger partial charge in [-0.2, -0.15) is 0 Å². The lowest BCUT2D eigenvalue weighted by Crippen LogP contribution is -2.01. The van der Waals surface area contributed by atoms with Gasteiger partial charge in [0.15, 0.2) is 0 Å². The van der Waals surface area contributed by atoms with Crippen molar-refractivity contribution >= 4 is 0 Å². The Morgan fingerprint density at radius 3 is 1.81 bits per heavy atom. The van der Waals surface area contributed by atoms with E-state index in [1.807, 2.05) is 48.5 Å². The molecule has 3 nitrogen and oxygen atoms in total. The molecular weight excluding hydrogens is 262 g/mol. The van der Waals surface area contributed by atoms with Crippen molar-refractivity contribution in [3.05, 3.63) is 70.8 Å². The van der Waals surface area contributed by atoms with Gasteiger partial charge in [-0.15, -0.1) is 0 Å². The number of aliphatic hydroxyl groups is 2. The minimum atomic E-state index is -0.608. The topological polar surface area (TPSA) is 66.5 Å². The van der Waals surface area contributed by atoms with Gasteiger partial charge in [-0.1, -0.05) is 48.5 Å². The van der Waals surface area contributed by atoms with Crippen LogP contribution in [-0.2, 0) is 13.0 Å². The normalized spacial score (nSPS) is 12.3. The third-order valence-corrected chi connectivity index (χ3v) is 3.70. The molecule has 0 heterocycles. The summed E-state index contributed by atoms with van der Waals surface area (Å²) in [6, 6.07) is 15.8. The first-order valence-corrected chi connectivity index (χ1v) is 7.41. The lowest BCUT2D eigenvalue weighted by Gasteiger charge is -2.13. The predicted molar refractivity (Wildman–Crippen MR) is 84.9 cm³/mol. The molecule has 0 radical (unpaired) electrons. The van der Waals surface area contributed by atoms with Gasteiger partial charge in [0.25, 0.3) is 0 Å². The monoisotopic (exact) mass is 285 g/mol. The smallest absolute Gasteiger partial charge is 0.104 e. The SMILES string of the molecule is NCc1ccc(C(O)c2ccc(CCCCO)cc2)cc1. The van der Waals surface area contributed by atoms with Crippen LogP contribution in [0, 0.1) is 0 Å². The second-order valence-electron chi connectivity index (χ2n) is 5.27. The zero-order valence-corrected chi connectivity index (χ0v) is 12.2. The molecular formula is C18H23NO2. The first kappa shape index (κ1) is 15.7. The van der Waals surface area contributed by atoms with E-state index in [-0.39, 0.29) is 6.61 Å². The van der Waals surface area contributed by atoms with Crippen LogP contribution in [0.1, 0.15) is 41.2 Å². The van der Waals surface area contributed by atoms with Crippen LogP contribution in [-0.4, -0.2) is 16.8 Å². The average molecular weight is 285 g/mol. The number of hydrogen-bond donors (Lipinski definition) is 3. The van der Waals surface area contributed by atoms with Gasteiger partial charge < -0.3 is 15.9 Å². The molecule has 112 valence electrons. The summed E-state index contributed by atoms with van der Waals surface area (Å²) in [6.07, 6.45) is 2.17. The van der Waals surface area contributed by atoms with E-state index in [0.29, 0.717) is 6.54 Å². The van der Waals surface area contributed by atoms with Gasteiger partial charge >= 0.3 is 0 Å². The van der Waals surface area contributed by atoms with Crippen molar-refractivity contribution < 1.29 is 10.2 Å². The molecule has 0 saturated heterocycles. The van der Waals surface area contributed by atoms with Crippen molar-refractivity contribution in [3.63, 3.8) is 0 Å². The molecule has 1 unspecified atom stereocenters. The van der Waals surface area contributed by atoms with Crippen LogP contribution in [0.2, 0.25) is 0 Å². The number of hydrogen-bond acceptors (Lipinski definition) is 3. The molecule has 1 atom stereocenters. The number of nitrogens with two attached hydrogens (primary N) is 1. The second-order valence-corrected chi connectivity index (χ2v) is 5.27. The van der Waals surface area contributed by atoms with Gasteiger partial charge in [-0.3, -0.25) is 0 Å². The van der Waals surface area contributed by atoms with Crippen molar-refractivity contribution in [1.29, 1.82) is 0 Å². The van der Waals surface area contributed by atoms with E-state index >= 15 is 0 Å². The Bertz CT molecular complexity index is 534. The molecule has 0 bridgehead atoms. The zero-order chi connectivity index (χ0) is 15.1. The van der Waals surface area contributed by atoms with Crippen LogP contribution in [0.4, 0.5) is 0 Å².